The Balaban J connectivity index is 1.89. The Hall–Kier alpha value is -2.54. The number of rotatable bonds is 6. The van der Waals surface area contributed by atoms with Gasteiger partial charge in [0.15, 0.2) is 0 Å². The molecule has 0 aliphatic heterocycles. The fourth-order valence-electron chi connectivity index (χ4n) is 2.60. The maximum atomic E-state index is 13.0. The third-order valence-corrected chi connectivity index (χ3v) is 4.44. The maximum absolute atomic E-state index is 13.0. The molecule has 0 heterocycles. The molecule has 0 saturated heterocycles. The summed E-state index contributed by atoms with van der Waals surface area (Å²) in [7, 11) is 0. The minimum atomic E-state index is -5.00. The standard InChI is InChI=1S/C20H14BrF3O3/c21-17-12-16(19(25)20(22,23)24)18(15-9-5-4-8-14(15)17)27-11-10-26-13-6-2-1-3-7-13/h1-9,12H,10-11H2. The van der Waals surface area contributed by atoms with Crippen molar-refractivity contribution in [2.75, 3.05) is 13.2 Å². The number of carbonyl (C=O) groups excluding carboxylic acids is 1. The van der Waals surface area contributed by atoms with Crippen LogP contribution in [0.3, 0.4) is 0 Å². The number of para-hydroxylation sites is 1. The number of hydrogen-bond donors (Lipinski definition) is 0. The van der Waals surface area contributed by atoms with Gasteiger partial charge in [-0.05, 0) is 23.6 Å². The summed E-state index contributed by atoms with van der Waals surface area (Å²) >= 11 is 3.23. The number of Topliss-reactive ketones (excluding diaryl/α,β-unsaturated/α-hetero) is 1. The van der Waals surface area contributed by atoms with Crippen molar-refractivity contribution in [1.82, 2.24) is 0 Å². The fraction of sp³-hybridized carbons (Fsp3) is 0.150. The quantitative estimate of drug-likeness (QED) is 0.360. The number of ketones is 1. The first-order valence-corrected chi connectivity index (χ1v) is 8.80. The van der Waals surface area contributed by atoms with Crippen LogP contribution >= 0.6 is 15.9 Å². The van der Waals surface area contributed by atoms with E-state index in [1.807, 2.05) is 6.07 Å². The largest absolute Gasteiger partial charge is 0.490 e. The van der Waals surface area contributed by atoms with Gasteiger partial charge >= 0.3 is 6.18 Å². The molecule has 0 aromatic heterocycles. The van der Waals surface area contributed by atoms with Crippen molar-refractivity contribution in [2.24, 2.45) is 0 Å². The highest BCUT2D eigenvalue weighted by Crippen LogP contribution is 2.38. The summed E-state index contributed by atoms with van der Waals surface area (Å²) in [5.74, 6) is -1.44. The van der Waals surface area contributed by atoms with Crippen LogP contribution in [-0.4, -0.2) is 25.2 Å². The predicted molar refractivity (Wildman–Crippen MR) is 99.5 cm³/mol. The molecule has 0 spiro atoms. The SMILES string of the molecule is O=C(c1cc(Br)c2ccccc2c1OCCOc1ccccc1)C(F)(F)F. The Bertz CT molecular complexity index is 956. The average Bonchev–Trinajstić information content (AvgIpc) is 2.66. The van der Waals surface area contributed by atoms with Crippen LogP contribution in [0.4, 0.5) is 13.2 Å². The Kier molecular flexibility index (Phi) is 5.70. The second-order valence-electron chi connectivity index (χ2n) is 5.62. The fourth-order valence-corrected chi connectivity index (χ4v) is 3.18. The second kappa shape index (κ2) is 8.00. The van der Waals surface area contributed by atoms with E-state index >= 15 is 0 Å². The number of fused-ring (bicyclic) bond motifs is 1. The number of hydrogen-bond acceptors (Lipinski definition) is 3. The first-order valence-electron chi connectivity index (χ1n) is 8.01. The van der Waals surface area contributed by atoms with Crippen molar-refractivity contribution >= 4 is 32.5 Å². The van der Waals surface area contributed by atoms with Gasteiger partial charge < -0.3 is 9.47 Å². The lowest BCUT2D eigenvalue weighted by Gasteiger charge is -2.16. The summed E-state index contributed by atoms with van der Waals surface area (Å²) in [5, 5.41) is 1.06. The maximum Gasteiger partial charge on any atom is 0.455 e. The number of benzene rings is 3. The van der Waals surface area contributed by atoms with Crippen molar-refractivity contribution in [2.45, 2.75) is 6.18 Å². The Morgan fingerprint density at radius 3 is 2.15 bits per heavy atom. The minimum Gasteiger partial charge on any atom is -0.490 e. The zero-order chi connectivity index (χ0) is 19.4. The lowest BCUT2D eigenvalue weighted by atomic mass is 10.0. The number of halogens is 4. The number of ether oxygens (including phenoxy) is 2. The molecule has 0 N–H and O–H groups in total. The summed E-state index contributed by atoms with van der Waals surface area (Å²) in [6.45, 7) is 0.104. The molecule has 0 bridgehead atoms. The highest BCUT2D eigenvalue weighted by Gasteiger charge is 2.41. The molecule has 0 saturated carbocycles. The molecule has 140 valence electrons. The molecular weight excluding hydrogens is 425 g/mol. The second-order valence-corrected chi connectivity index (χ2v) is 6.47. The van der Waals surface area contributed by atoms with E-state index < -0.39 is 17.5 Å². The first kappa shape index (κ1) is 19.2. The summed E-state index contributed by atoms with van der Waals surface area (Å²) < 4.78 is 50.5. The molecule has 0 aliphatic rings. The minimum absolute atomic E-state index is 0.0152. The van der Waals surface area contributed by atoms with Gasteiger partial charge in [0, 0.05) is 9.86 Å². The van der Waals surface area contributed by atoms with Crippen molar-refractivity contribution in [3.8, 4) is 11.5 Å². The van der Waals surface area contributed by atoms with Crippen molar-refractivity contribution in [3.05, 3.63) is 70.7 Å². The van der Waals surface area contributed by atoms with Crippen molar-refractivity contribution in [3.63, 3.8) is 0 Å². The van der Waals surface area contributed by atoms with Crippen LogP contribution in [0, 0.1) is 0 Å². The van der Waals surface area contributed by atoms with Gasteiger partial charge in [-0.1, -0.05) is 58.4 Å². The topological polar surface area (TPSA) is 35.5 Å². The molecule has 3 aromatic carbocycles. The molecule has 0 fully saturated rings. The summed E-state index contributed by atoms with van der Waals surface area (Å²) in [5.41, 5.74) is -0.534. The number of carbonyl (C=O) groups is 1. The van der Waals surface area contributed by atoms with Gasteiger partial charge in [-0.3, -0.25) is 4.79 Å². The molecular formula is C20H14BrF3O3. The van der Waals surface area contributed by atoms with E-state index in [0.717, 1.165) is 6.07 Å². The van der Waals surface area contributed by atoms with Crippen molar-refractivity contribution < 1.29 is 27.4 Å². The summed E-state index contributed by atoms with van der Waals surface area (Å²) in [6, 6.07) is 16.9. The van der Waals surface area contributed by atoms with Gasteiger partial charge in [-0.25, -0.2) is 0 Å². The molecule has 0 radical (unpaired) electrons. The normalized spacial score (nSPS) is 11.4. The van der Waals surface area contributed by atoms with Gasteiger partial charge in [-0.2, -0.15) is 13.2 Å². The van der Waals surface area contributed by atoms with Crippen LogP contribution in [0.1, 0.15) is 10.4 Å². The molecule has 0 unspecified atom stereocenters. The Morgan fingerprint density at radius 1 is 0.889 bits per heavy atom. The molecule has 3 rings (SSSR count). The van der Waals surface area contributed by atoms with Crippen LogP contribution in [0.5, 0.6) is 11.5 Å². The zero-order valence-electron chi connectivity index (χ0n) is 13.9. The van der Waals surface area contributed by atoms with E-state index in [9.17, 15) is 18.0 Å². The molecule has 3 aromatic rings. The lowest BCUT2D eigenvalue weighted by molar-refractivity contribution is -0.0886. The first-order chi connectivity index (χ1) is 12.9. The molecule has 0 aliphatic carbocycles. The predicted octanol–water partition coefficient (Wildman–Crippen LogP) is 5.81. The van der Waals surface area contributed by atoms with E-state index in [1.165, 1.54) is 0 Å². The third kappa shape index (κ3) is 4.42. The lowest BCUT2D eigenvalue weighted by Crippen LogP contribution is -2.24. The van der Waals surface area contributed by atoms with Crippen molar-refractivity contribution in [1.29, 1.82) is 0 Å². The Morgan fingerprint density at radius 2 is 1.48 bits per heavy atom. The van der Waals surface area contributed by atoms with Gasteiger partial charge in [0.2, 0.25) is 0 Å². The van der Waals surface area contributed by atoms with Crippen LogP contribution in [0.25, 0.3) is 10.8 Å². The van der Waals surface area contributed by atoms with E-state index in [-0.39, 0.29) is 19.0 Å². The molecule has 0 atom stereocenters. The summed E-state index contributed by atoms with van der Waals surface area (Å²) in [4.78, 5) is 11.9. The molecule has 3 nitrogen and oxygen atoms in total. The molecule has 27 heavy (non-hydrogen) atoms. The van der Waals surface area contributed by atoms with Gasteiger partial charge in [0.25, 0.3) is 5.78 Å². The van der Waals surface area contributed by atoms with E-state index in [2.05, 4.69) is 15.9 Å². The van der Waals surface area contributed by atoms with E-state index in [1.54, 1.807) is 48.5 Å². The van der Waals surface area contributed by atoms with Crippen LogP contribution in [0.2, 0.25) is 0 Å². The van der Waals surface area contributed by atoms with Crippen LogP contribution in [0.15, 0.2) is 65.1 Å². The third-order valence-electron chi connectivity index (χ3n) is 3.79. The monoisotopic (exact) mass is 438 g/mol. The highest BCUT2D eigenvalue weighted by molar-refractivity contribution is 9.10. The average molecular weight is 439 g/mol. The van der Waals surface area contributed by atoms with Gasteiger partial charge in [0.1, 0.15) is 24.7 Å². The van der Waals surface area contributed by atoms with E-state index in [4.69, 9.17) is 9.47 Å². The van der Waals surface area contributed by atoms with Crippen LogP contribution < -0.4 is 9.47 Å². The molecule has 0 amide bonds. The zero-order valence-corrected chi connectivity index (χ0v) is 15.5. The number of alkyl halides is 3. The summed E-state index contributed by atoms with van der Waals surface area (Å²) in [6.07, 6.45) is -5.00. The van der Waals surface area contributed by atoms with Gasteiger partial charge in [0.05, 0.1) is 5.56 Å². The smallest absolute Gasteiger partial charge is 0.455 e. The van der Waals surface area contributed by atoms with Crippen LogP contribution in [-0.2, 0) is 0 Å². The van der Waals surface area contributed by atoms with E-state index in [0.29, 0.717) is 21.0 Å². The molecule has 7 heteroatoms. The highest BCUT2D eigenvalue weighted by atomic mass is 79.9. The van der Waals surface area contributed by atoms with Gasteiger partial charge in [-0.15, -0.1) is 0 Å². The Labute approximate surface area is 161 Å².